The second-order valence-electron chi connectivity index (χ2n) is 12.3. The Morgan fingerprint density at radius 1 is 1.18 bits per heavy atom. The van der Waals surface area contributed by atoms with Gasteiger partial charge in [-0.25, -0.2) is 0 Å². The van der Waals surface area contributed by atoms with E-state index < -0.39 is 0 Å². The number of halogens is 2. The monoisotopic (exact) mass is 770 g/mol. The van der Waals surface area contributed by atoms with Gasteiger partial charge in [0.05, 0.1) is 11.3 Å². The standard InChI is InChI=1S/C28H36I2N8O2/c1-28(2)12-17(28)13-31-26(40)23-19-10-18(8-6-15(19)7-9-20(23)33-25(39)16-4-5-16)38-14-32-35-27(38)34-22-11-21(24(29)30)36-37(22)3/h11,14,16-18,24H,4-10,12-13H2,1-3H3,(H,31,40)(H,33,39)(H,34,35)/t17?,18-/m0/s1. The van der Waals surface area contributed by atoms with Crippen LogP contribution in [0, 0.1) is 17.3 Å². The number of hydrogen-bond acceptors (Lipinski definition) is 6. The molecule has 214 valence electrons. The van der Waals surface area contributed by atoms with Gasteiger partial charge in [0.1, 0.15) is 14.1 Å². The molecule has 6 rings (SSSR count). The maximum absolute atomic E-state index is 13.8. The first-order valence-corrected chi connectivity index (χ1v) is 16.6. The van der Waals surface area contributed by atoms with Crippen LogP contribution in [0.3, 0.4) is 0 Å². The highest BCUT2D eigenvalue weighted by Gasteiger charge is 2.45. The Bertz CT molecular complexity index is 1400. The summed E-state index contributed by atoms with van der Waals surface area (Å²) in [4.78, 5) is 26.5. The normalized spacial score (nSPS) is 23.8. The molecule has 0 saturated heterocycles. The van der Waals surface area contributed by atoms with Crippen molar-refractivity contribution in [2.24, 2.45) is 24.3 Å². The summed E-state index contributed by atoms with van der Waals surface area (Å²) < 4.78 is 4.17. The van der Waals surface area contributed by atoms with Crippen LogP contribution in [0.4, 0.5) is 11.8 Å². The Hall–Kier alpha value is -1.97. The third kappa shape index (κ3) is 5.84. The van der Waals surface area contributed by atoms with Crippen LogP contribution in [-0.4, -0.2) is 42.9 Å². The summed E-state index contributed by atoms with van der Waals surface area (Å²) in [5, 5.41) is 23.0. The number of anilines is 2. The molecule has 2 amide bonds. The molecule has 0 bridgehead atoms. The number of aromatic nitrogens is 5. The van der Waals surface area contributed by atoms with Gasteiger partial charge in [-0.3, -0.25) is 18.8 Å². The molecule has 1 unspecified atom stereocenters. The number of allylic oxidation sites excluding steroid dienone is 2. The highest BCUT2D eigenvalue weighted by molar-refractivity contribution is 14.2. The first kappa shape index (κ1) is 28.2. The number of hydrogen-bond donors (Lipinski definition) is 3. The Morgan fingerprint density at radius 3 is 2.62 bits per heavy atom. The first-order valence-electron chi connectivity index (χ1n) is 14.1. The highest BCUT2D eigenvalue weighted by atomic mass is 127. The molecule has 10 nitrogen and oxygen atoms in total. The minimum atomic E-state index is -0.0571. The van der Waals surface area contributed by atoms with Gasteiger partial charge in [0.2, 0.25) is 11.9 Å². The summed E-state index contributed by atoms with van der Waals surface area (Å²) in [6, 6.07) is 2.13. The summed E-state index contributed by atoms with van der Waals surface area (Å²) in [6.07, 6.45) is 8.91. The fourth-order valence-electron chi connectivity index (χ4n) is 6.00. The summed E-state index contributed by atoms with van der Waals surface area (Å²) in [5.41, 5.74) is 5.18. The van der Waals surface area contributed by atoms with E-state index in [9.17, 15) is 9.59 Å². The smallest absolute Gasteiger partial charge is 0.253 e. The maximum Gasteiger partial charge on any atom is 0.253 e. The van der Waals surface area contributed by atoms with E-state index in [1.54, 1.807) is 6.33 Å². The first-order chi connectivity index (χ1) is 19.1. The molecule has 2 fully saturated rings. The molecule has 40 heavy (non-hydrogen) atoms. The zero-order valence-electron chi connectivity index (χ0n) is 23.1. The van der Waals surface area contributed by atoms with Crippen LogP contribution in [0.1, 0.15) is 78.9 Å². The van der Waals surface area contributed by atoms with Crippen molar-refractivity contribution in [3.05, 3.63) is 40.5 Å². The largest absolute Gasteiger partial charge is 0.352 e. The van der Waals surface area contributed by atoms with E-state index in [4.69, 9.17) is 0 Å². The molecule has 2 aromatic rings. The molecule has 0 spiro atoms. The highest BCUT2D eigenvalue weighted by Crippen LogP contribution is 2.51. The van der Waals surface area contributed by atoms with E-state index in [-0.39, 0.29) is 25.7 Å². The lowest BCUT2D eigenvalue weighted by Crippen LogP contribution is -2.36. The number of carbonyl (C=O) groups excluding carboxylic acids is 2. The van der Waals surface area contributed by atoms with E-state index in [0.29, 0.717) is 42.2 Å². The van der Waals surface area contributed by atoms with Crippen LogP contribution >= 0.6 is 45.2 Å². The van der Waals surface area contributed by atoms with Gasteiger partial charge in [0.25, 0.3) is 5.91 Å². The zero-order valence-corrected chi connectivity index (χ0v) is 27.5. The third-order valence-electron chi connectivity index (χ3n) is 8.93. The average molecular weight is 770 g/mol. The second-order valence-corrected chi connectivity index (χ2v) is 17.1. The lowest BCUT2D eigenvalue weighted by atomic mass is 9.77. The Morgan fingerprint density at radius 2 is 1.95 bits per heavy atom. The predicted octanol–water partition coefficient (Wildman–Crippen LogP) is 5.38. The molecular weight excluding hydrogens is 734 g/mol. The van der Waals surface area contributed by atoms with Crippen molar-refractivity contribution in [3.8, 4) is 0 Å². The van der Waals surface area contributed by atoms with E-state index in [0.717, 1.165) is 61.3 Å². The molecule has 4 aliphatic carbocycles. The summed E-state index contributed by atoms with van der Waals surface area (Å²) in [7, 11) is 1.91. The molecule has 2 saturated carbocycles. The zero-order chi connectivity index (χ0) is 28.2. The Balaban J connectivity index is 1.25. The quantitative estimate of drug-likeness (QED) is 0.233. The van der Waals surface area contributed by atoms with Gasteiger partial charge in [0.15, 0.2) is 0 Å². The van der Waals surface area contributed by atoms with Crippen molar-refractivity contribution in [1.82, 2.24) is 35.2 Å². The fraction of sp³-hybridized carbons (Fsp3) is 0.607. The van der Waals surface area contributed by atoms with Crippen LogP contribution in [0.2, 0.25) is 0 Å². The van der Waals surface area contributed by atoms with E-state index >= 15 is 0 Å². The van der Waals surface area contributed by atoms with Crippen molar-refractivity contribution in [2.45, 2.75) is 73.2 Å². The topological polar surface area (TPSA) is 119 Å². The minimum absolute atomic E-state index is 0.0566. The number of rotatable bonds is 9. The number of carbonyl (C=O) groups is 2. The second kappa shape index (κ2) is 11.0. The van der Waals surface area contributed by atoms with Crippen LogP contribution in [0.25, 0.3) is 0 Å². The molecule has 3 N–H and O–H groups in total. The van der Waals surface area contributed by atoms with Gasteiger partial charge in [-0.1, -0.05) is 64.6 Å². The van der Waals surface area contributed by atoms with Gasteiger partial charge in [-0.15, -0.1) is 10.2 Å². The molecule has 0 aromatic carbocycles. The van der Waals surface area contributed by atoms with Crippen LogP contribution in [-0.2, 0) is 16.6 Å². The van der Waals surface area contributed by atoms with E-state index in [2.05, 4.69) is 94.8 Å². The fourth-order valence-corrected chi connectivity index (χ4v) is 6.61. The molecule has 2 atom stereocenters. The lowest BCUT2D eigenvalue weighted by molar-refractivity contribution is -0.121. The summed E-state index contributed by atoms with van der Waals surface area (Å²) in [5.74, 6) is 2.10. The maximum atomic E-state index is 13.8. The summed E-state index contributed by atoms with van der Waals surface area (Å²) >= 11 is 4.69. The van der Waals surface area contributed by atoms with E-state index in [1.165, 1.54) is 5.57 Å². The van der Waals surface area contributed by atoms with Crippen LogP contribution in [0.5, 0.6) is 0 Å². The van der Waals surface area contributed by atoms with E-state index in [1.807, 2.05) is 17.8 Å². The number of alkyl halides is 2. The van der Waals surface area contributed by atoms with Crippen molar-refractivity contribution in [2.75, 3.05) is 11.9 Å². The average Bonchev–Trinajstić information content (AvgIpc) is 3.77. The molecule has 12 heteroatoms. The van der Waals surface area contributed by atoms with Gasteiger partial charge >= 0.3 is 0 Å². The number of nitrogens with zero attached hydrogens (tertiary/aromatic N) is 5. The van der Waals surface area contributed by atoms with Crippen molar-refractivity contribution >= 4 is 68.8 Å². The molecular formula is C28H36I2N8O2. The number of aryl methyl sites for hydroxylation is 1. The van der Waals surface area contributed by atoms with Crippen molar-refractivity contribution in [3.63, 3.8) is 0 Å². The SMILES string of the molecule is Cn1nc(C(I)I)cc1Nc1nncn1[C@H]1CCC2=C(C1)C(C(=O)NCC1CC1(C)C)=C(NC(=O)C1CC1)CC2. The molecule has 0 radical (unpaired) electrons. The van der Waals surface area contributed by atoms with Crippen molar-refractivity contribution < 1.29 is 9.59 Å². The molecule has 2 heterocycles. The Labute approximate surface area is 261 Å². The molecule has 4 aliphatic rings. The van der Waals surface area contributed by atoms with Gasteiger partial charge in [0, 0.05) is 37.3 Å². The van der Waals surface area contributed by atoms with Crippen LogP contribution < -0.4 is 16.0 Å². The predicted molar refractivity (Wildman–Crippen MR) is 169 cm³/mol. The van der Waals surface area contributed by atoms with Crippen molar-refractivity contribution in [1.29, 1.82) is 0 Å². The molecule has 2 aromatic heterocycles. The van der Waals surface area contributed by atoms with Gasteiger partial charge < -0.3 is 16.0 Å². The number of amides is 2. The van der Waals surface area contributed by atoms with Crippen LogP contribution in [0.15, 0.2) is 34.8 Å². The van der Waals surface area contributed by atoms with Gasteiger partial charge in [-0.2, -0.15) is 5.10 Å². The number of nitrogens with one attached hydrogen (secondary N) is 3. The summed E-state index contributed by atoms with van der Waals surface area (Å²) in [6.45, 7) is 5.17. The Kier molecular flexibility index (Phi) is 7.76. The molecule has 0 aliphatic heterocycles. The lowest BCUT2D eigenvalue weighted by Gasteiger charge is -2.34. The van der Waals surface area contributed by atoms with Gasteiger partial charge in [-0.05, 0) is 68.3 Å². The minimum Gasteiger partial charge on any atom is -0.352 e. The third-order valence-corrected chi connectivity index (χ3v) is 10.2.